The van der Waals surface area contributed by atoms with Gasteiger partial charge in [0.1, 0.15) is 5.70 Å². The molecule has 4 nitrogen and oxygen atoms in total. The van der Waals surface area contributed by atoms with Crippen LogP contribution in [0.15, 0.2) is 53.8 Å². The van der Waals surface area contributed by atoms with E-state index in [0.29, 0.717) is 18.8 Å². The molecule has 1 aromatic carbocycles. The van der Waals surface area contributed by atoms with E-state index in [9.17, 15) is 9.59 Å². The molecular formula is C17H19NO3. The smallest absolute Gasteiger partial charge is 0.355 e. The molecule has 1 aliphatic rings. The van der Waals surface area contributed by atoms with Gasteiger partial charge in [0, 0.05) is 6.54 Å². The Kier molecular flexibility index (Phi) is 4.93. The number of benzene rings is 1. The van der Waals surface area contributed by atoms with Gasteiger partial charge in [-0.3, -0.25) is 4.79 Å². The monoisotopic (exact) mass is 285 g/mol. The van der Waals surface area contributed by atoms with Crippen LogP contribution in [0.5, 0.6) is 0 Å². The summed E-state index contributed by atoms with van der Waals surface area (Å²) in [6, 6.07) is 9.50. The number of nitrogens with zero attached hydrogens (tertiary/aromatic N) is 1. The number of esters is 1. The van der Waals surface area contributed by atoms with Crippen molar-refractivity contribution in [3.8, 4) is 0 Å². The number of allylic oxidation sites excluding steroid dienone is 2. The van der Waals surface area contributed by atoms with Crippen LogP contribution in [0.2, 0.25) is 0 Å². The highest BCUT2D eigenvalue weighted by molar-refractivity contribution is 5.95. The molecule has 0 radical (unpaired) electrons. The Hall–Kier alpha value is -2.36. The second-order valence-electron chi connectivity index (χ2n) is 4.93. The Bertz CT molecular complexity index is 587. The van der Waals surface area contributed by atoms with Gasteiger partial charge in [-0.25, -0.2) is 4.79 Å². The lowest BCUT2D eigenvalue weighted by Crippen LogP contribution is -2.38. The summed E-state index contributed by atoms with van der Waals surface area (Å²) < 4.78 is 5.02. The average Bonchev–Trinajstić information content (AvgIpc) is 2.48. The van der Waals surface area contributed by atoms with Crippen molar-refractivity contribution in [2.75, 3.05) is 13.2 Å². The molecule has 0 saturated heterocycles. The Morgan fingerprint density at radius 3 is 2.57 bits per heavy atom. The second kappa shape index (κ2) is 6.88. The Morgan fingerprint density at radius 1 is 1.19 bits per heavy atom. The van der Waals surface area contributed by atoms with E-state index in [1.165, 1.54) is 4.90 Å². The topological polar surface area (TPSA) is 46.6 Å². The number of amides is 1. The van der Waals surface area contributed by atoms with Crippen LogP contribution in [-0.2, 0) is 20.7 Å². The van der Waals surface area contributed by atoms with E-state index in [4.69, 9.17) is 4.74 Å². The van der Waals surface area contributed by atoms with Gasteiger partial charge < -0.3 is 9.64 Å². The molecule has 1 heterocycles. The molecule has 0 spiro atoms. The predicted molar refractivity (Wildman–Crippen MR) is 80.3 cm³/mol. The third kappa shape index (κ3) is 3.81. The number of carbonyl (C=O) groups excluding carboxylic acids is 2. The fourth-order valence-electron chi connectivity index (χ4n) is 2.17. The minimum atomic E-state index is -0.456. The van der Waals surface area contributed by atoms with Crippen molar-refractivity contribution < 1.29 is 14.3 Å². The summed E-state index contributed by atoms with van der Waals surface area (Å²) in [7, 11) is 0. The molecule has 0 bridgehead atoms. The molecule has 21 heavy (non-hydrogen) atoms. The van der Waals surface area contributed by atoms with Gasteiger partial charge in [0.15, 0.2) is 0 Å². The highest BCUT2D eigenvalue weighted by atomic mass is 16.5. The zero-order valence-electron chi connectivity index (χ0n) is 12.3. The maximum absolute atomic E-state index is 12.5. The van der Waals surface area contributed by atoms with Gasteiger partial charge in [0.2, 0.25) is 5.91 Å². The summed E-state index contributed by atoms with van der Waals surface area (Å²) >= 11 is 0. The largest absolute Gasteiger partial charge is 0.461 e. The van der Waals surface area contributed by atoms with Crippen LogP contribution >= 0.6 is 0 Å². The summed E-state index contributed by atoms with van der Waals surface area (Å²) in [6.07, 6.45) is 3.77. The molecule has 0 unspecified atom stereocenters. The molecule has 0 N–H and O–H groups in total. The summed E-state index contributed by atoms with van der Waals surface area (Å²) in [5.74, 6) is -0.560. The average molecular weight is 285 g/mol. The molecule has 0 aromatic heterocycles. The van der Waals surface area contributed by atoms with Crippen molar-refractivity contribution in [1.29, 1.82) is 0 Å². The van der Waals surface area contributed by atoms with Crippen molar-refractivity contribution >= 4 is 11.9 Å². The van der Waals surface area contributed by atoms with Gasteiger partial charge in [0.05, 0.1) is 13.0 Å². The van der Waals surface area contributed by atoms with Crippen molar-refractivity contribution in [1.82, 2.24) is 4.90 Å². The van der Waals surface area contributed by atoms with Gasteiger partial charge >= 0.3 is 5.97 Å². The molecule has 0 aliphatic carbocycles. The standard InChI is InChI=1S/C17H19NO3/c1-3-21-17(20)15-10-9-13(2)12-18(15)16(19)11-14-7-5-4-6-8-14/h4-10H,3,11-12H2,1-2H3. The zero-order chi connectivity index (χ0) is 15.2. The quantitative estimate of drug-likeness (QED) is 0.798. The van der Waals surface area contributed by atoms with E-state index >= 15 is 0 Å². The minimum Gasteiger partial charge on any atom is -0.461 e. The molecule has 1 aromatic rings. The molecule has 0 saturated carbocycles. The maximum atomic E-state index is 12.5. The fourth-order valence-corrected chi connectivity index (χ4v) is 2.17. The number of ether oxygens (including phenoxy) is 1. The number of hydrogen-bond donors (Lipinski definition) is 0. The minimum absolute atomic E-state index is 0.104. The van der Waals surface area contributed by atoms with Crippen LogP contribution in [-0.4, -0.2) is 29.9 Å². The first-order chi connectivity index (χ1) is 10.1. The molecule has 0 fully saturated rings. The molecule has 2 rings (SSSR count). The normalized spacial score (nSPS) is 14.3. The van der Waals surface area contributed by atoms with Crippen LogP contribution < -0.4 is 0 Å². The molecular weight excluding hydrogens is 266 g/mol. The van der Waals surface area contributed by atoms with E-state index < -0.39 is 5.97 Å². The second-order valence-corrected chi connectivity index (χ2v) is 4.93. The molecule has 110 valence electrons. The van der Waals surface area contributed by atoms with Crippen molar-refractivity contribution in [3.05, 3.63) is 59.3 Å². The highest BCUT2D eigenvalue weighted by Gasteiger charge is 2.26. The summed E-state index contributed by atoms with van der Waals surface area (Å²) in [5, 5.41) is 0. The Balaban J connectivity index is 2.16. The van der Waals surface area contributed by atoms with Crippen molar-refractivity contribution in [3.63, 3.8) is 0 Å². The van der Waals surface area contributed by atoms with Crippen LogP contribution in [0.1, 0.15) is 19.4 Å². The number of rotatable bonds is 4. The SMILES string of the molecule is CCOC(=O)C1=CC=C(C)CN1C(=O)Cc1ccccc1. The van der Waals surface area contributed by atoms with E-state index in [1.807, 2.05) is 43.3 Å². The summed E-state index contributed by atoms with van der Waals surface area (Å²) in [4.78, 5) is 25.9. The third-order valence-corrected chi connectivity index (χ3v) is 3.21. The summed E-state index contributed by atoms with van der Waals surface area (Å²) in [6.45, 7) is 4.40. The van der Waals surface area contributed by atoms with Gasteiger partial charge in [-0.2, -0.15) is 0 Å². The van der Waals surface area contributed by atoms with E-state index in [1.54, 1.807) is 13.0 Å². The molecule has 0 atom stereocenters. The van der Waals surface area contributed by atoms with E-state index in [0.717, 1.165) is 11.1 Å². The Morgan fingerprint density at radius 2 is 1.90 bits per heavy atom. The first-order valence-corrected chi connectivity index (χ1v) is 7.00. The zero-order valence-corrected chi connectivity index (χ0v) is 12.3. The van der Waals surface area contributed by atoms with E-state index in [-0.39, 0.29) is 12.3 Å². The molecule has 1 amide bonds. The maximum Gasteiger partial charge on any atom is 0.355 e. The summed E-state index contributed by atoms with van der Waals surface area (Å²) in [5.41, 5.74) is 2.27. The van der Waals surface area contributed by atoms with E-state index in [2.05, 4.69) is 0 Å². The van der Waals surface area contributed by atoms with Crippen LogP contribution in [0.25, 0.3) is 0 Å². The fraction of sp³-hybridized carbons (Fsp3) is 0.294. The third-order valence-electron chi connectivity index (χ3n) is 3.21. The predicted octanol–water partition coefficient (Wildman–Crippen LogP) is 2.46. The lowest BCUT2D eigenvalue weighted by atomic mass is 10.1. The van der Waals surface area contributed by atoms with Gasteiger partial charge in [-0.15, -0.1) is 0 Å². The Labute approximate surface area is 124 Å². The molecule has 4 heteroatoms. The molecule has 1 aliphatic heterocycles. The van der Waals surface area contributed by atoms with Crippen LogP contribution in [0.4, 0.5) is 0 Å². The van der Waals surface area contributed by atoms with Gasteiger partial charge in [-0.1, -0.05) is 42.0 Å². The van der Waals surface area contributed by atoms with Crippen LogP contribution in [0, 0.1) is 0 Å². The van der Waals surface area contributed by atoms with Crippen LogP contribution in [0.3, 0.4) is 0 Å². The lowest BCUT2D eigenvalue weighted by Gasteiger charge is -2.27. The van der Waals surface area contributed by atoms with Gasteiger partial charge in [-0.05, 0) is 25.5 Å². The first-order valence-electron chi connectivity index (χ1n) is 7.00. The first kappa shape index (κ1) is 15.0. The van der Waals surface area contributed by atoms with Crippen molar-refractivity contribution in [2.45, 2.75) is 20.3 Å². The number of hydrogen-bond acceptors (Lipinski definition) is 3. The highest BCUT2D eigenvalue weighted by Crippen LogP contribution is 2.18. The lowest BCUT2D eigenvalue weighted by molar-refractivity contribution is -0.143. The van der Waals surface area contributed by atoms with Crippen molar-refractivity contribution in [2.24, 2.45) is 0 Å². The van der Waals surface area contributed by atoms with Gasteiger partial charge in [0.25, 0.3) is 0 Å². The number of carbonyl (C=O) groups is 2.